The Hall–Kier alpha value is -3.55. The van der Waals surface area contributed by atoms with Gasteiger partial charge in [-0.15, -0.1) is 0 Å². The highest BCUT2D eigenvalue weighted by Crippen LogP contribution is 2.36. The Kier molecular flexibility index (Phi) is 6.82. The number of hydrazone groups is 1. The lowest BCUT2D eigenvalue weighted by Gasteiger charge is -2.13. The van der Waals surface area contributed by atoms with Gasteiger partial charge in [0.15, 0.2) is 17.3 Å². The van der Waals surface area contributed by atoms with Gasteiger partial charge in [-0.1, -0.05) is 35.3 Å². The molecule has 4 aromatic rings. The van der Waals surface area contributed by atoms with E-state index in [1.165, 1.54) is 25.5 Å². The van der Waals surface area contributed by atoms with Crippen molar-refractivity contribution >= 4 is 46.3 Å². The molecule has 0 saturated carbocycles. The fourth-order valence-electron chi connectivity index (χ4n) is 3.04. The number of fused-ring (bicyclic) bond motifs is 1. The van der Waals surface area contributed by atoms with Crippen LogP contribution in [-0.4, -0.2) is 19.2 Å². The fourth-order valence-corrected chi connectivity index (χ4v) is 3.49. The molecule has 0 aliphatic heterocycles. The van der Waals surface area contributed by atoms with Crippen molar-refractivity contribution in [1.82, 2.24) is 5.43 Å². The van der Waals surface area contributed by atoms with Crippen molar-refractivity contribution in [2.24, 2.45) is 5.10 Å². The lowest BCUT2D eigenvalue weighted by atomic mass is 10.2. The lowest BCUT2D eigenvalue weighted by Crippen LogP contribution is -2.16. The summed E-state index contributed by atoms with van der Waals surface area (Å²) in [6.45, 7) is 0.183. The number of halogens is 3. The zero-order chi connectivity index (χ0) is 23.4. The molecule has 1 N–H and O–H groups in total. The number of hydrogen-bond donors (Lipinski definition) is 1. The first-order chi connectivity index (χ1) is 15.9. The smallest absolute Gasteiger partial charge is 0.307 e. The summed E-state index contributed by atoms with van der Waals surface area (Å²) in [4.78, 5) is 12.3. The van der Waals surface area contributed by atoms with Crippen molar-refractivity contribution in [3.8, 4) is 11.5 Å². The van der Waals surface area contributed by atoms with Crippen molar-refractivity contribution in [3.05, 3.63) is 93.4 Å². The van der Waals surface area contributed by atoms with E-state index in [1.807, 2.05) is 0 Å². The summed E-state index contributed by atoms with van der Waals surface area (Å²) in [7, 11) is 1.48. The molecule has 1 amide bonds. The van der Waals surface area contributed by atoms with Gasteiger partial charge in [0.2, 0.25) is 0 Å². The van der Waals surface area contributed by atoms with Crippen LogP contribution < -0.4 is 14.9 Å². The summed E-state index contributed by atoms with van der Waals surface area (Å²) in [5, 5.41) is 5.50. The minimum Gasteiger partial charge on any atom is -0.493 e. The summed E-state index contributed by atoms with van der Waals surface area (Å²) < 4.78 is 29.7. The van der Waals surface area contributed by atoms with Crippen LogP contribution >= 0.6 is 23.2 Å². The Balaban J connectivity index is 1.44. The van der Waals surface area contributed by atoms with Crippen molar-refractivity contribution in [1.29, 1.82) is 0 Å². The zero-order valence-corrected chi connectivity index (χ0v) is 18.8. The molecule has 0 fully saturated rings. The van der Waals surface area contributed by atoms with Crippen LogP contribution in [0.5, 0.6) is 11.5 Å². The molecule has 4 rings (SSSR count). The Morgan fingerprint density at radius 3 is 2.67 bits per heavy atom. The zero-order valence-electron chi connectivity index (χ0n) is 17.3. The number of rotatable bonds is 7. The van der Waals surface area contributed by atoms with E-state index in [9.17, 15) is 9.18 Å². The number of benzene rings is 3. The van der Waals surface area contributed by atoms with Crippen molar-refractivity contribution in [2.45, 2.75) is 6.61 Å². The molecule has 6 nitrogen and oxygen atoms in total. The molecule has 0 aliphatic rings. The Bertz CT molecular complexity index is 1340. The van der Waals surface area contributed by atoms with E-state index in [0.29, 0.717) is 38.1 Å². The highest BCUT2D eigenvalue weighted by atomic mass is 35.5. The first kappa shape index (κ1) is 22.6. The molecular weight excluding hydrogens is 470 g/mol. The first-order valence-electron chi connectivity index (χ1n) is 9.70. The van der Waals surface area contributed by atoms with Crippen LogP contribution in [0, 0.1) is 5.82 Å². The second-order valence-corrected chi connectivity index (χ2v) is 7.78. The Morgan fingerprint density at radius 1 is 1.12 bits per heavy atom. The molecule has 0 unspecified atom stereocenters. The van der Waals surface area contributed by atoms with Crippen LogP contribution in [0.25, 0.3) is 11.0 Å². The SMILES string of the molecule is COc1cc(/C=N/NC(=O)c2cc3cc(Cl)ccc3o2)cc(Cl)c1OCc1ccc(F)cc1. The van der Waals surface area contributed by atoms with E-state index in [4.69, 9.17) is 37.1 Å². The Labute approximate surface area is 198 Å². The maximum Gasteiger partial charge on any atom is 0.307 e. The van der Waals surface area contributed by atoms with Gasteiger partial charge < -0.3 is 13.9 Å². The van der Waals surface area contributed by atoms with Gasteiger partial charge in [0.05, 0.1) is 18.3 Å². The van der Waals surface area contributed by atoms with Crippen LogP contribution in [-0.2, 0) is 6.61 Å². The third-order valence-corrected chi connectivity index (χ3v) is 5.15. The summed E-state index contributed by atoms with van der Waals surface area (Å²) in [5.74, 6) is -0.0209. The standard InChI is InChI=1S/C24H17Cl2FN2O4/c1-31-21-9-15(8-19(26)23(21)32-13-14-2-5-18(27)6-3-14)12-28-29-24(30)22-11-16-10-17(25)4-7-20(16)33-22/h2-12H,13H2,1H3,(H,29,30)/b28-12+. The van der Waals surface area contributed by atoms with E-state index in [1.54, 1.807) is 48.5 Å². The van der Waals surface area contributed by atoms with Crippen LogP contribution in [0.3, 0.4) is 0 Å². The minimum absolute atomic E-state index is 0.101. The Morgan fingerprint density at radius 2 is 1.91 bits per heavy atom. The molecule has 33 heavy (non-hydrogen) atoms. The van der Waals surface area contributed by atoms with Crippen molar-refractivity contribution in [3.63, 3.8) is 0 Å². The second-order valence-electron chi connectivity index (χ2n) is 6.94. The molecule has 9 heteroatoms. The molecule has 0 atom stereocenters. The molecule has 0 spiro atoms. The van der Waals surface area contributed by atoms with E-state index < -0.39 is 5.91 Å². The molecule has 0 bridgehead atoms. The monoisotopic (exact) mass is 486 g/mol. The number of nitrogens with zero attached hydrogens (tertiary/aromatic N) is 1. The molecular formula is C24H17Cl2FN2O4. The number of carbonyl (C=O) groups excluding carboxylic acids is 1. The van der Waals surface area contributed by atoms with Gasteiger partial charge >= 0.3 is 5.91 Å². The van der Waals surface area contributed by atoms with Gasteiger partial charge in [0.1, 0.15) is 18.0 Å². The van der Waals surface area contributed by atoms with Crippen molar-refractivity contribution in [2.75, 3.05) is 7.11 Å². The van der Waals surface area contributed by atoms with Crippen LogP contribution in [0.4, 0.5) is 4.39 Å². The maximum absolute atomic E-state index is 13.1. The molecule has 168 valence electrons. The number of ether oxygens (including phenoxy) is 2. The fraction of sp³-hybridized carbons (Fsp3) is 0.0833. The number of amides is 1. The molecule has 3 aromatic carbocycles. The average Bonchev–Trinajstić information content (AvgIpc) is 3.22. The quantitative estimate of drug-likeness (QED) is 0.248. The van der Waals surface area contributed by atoms with E-state index in [0.717, 1.165) is 5.56 Å². The van der Waals surface area contributed by atoms with Crippen LogP contribution in [0.15, 0.2) is 70.2 Å². The van der Waals surface area contributed by atoms with Gasteiger partial charge in [0.25, 0.3) is 0 Å². The van der Waals surface area contributed by atoms with Gasteiger partial charge in [-0.2, -0.15) is 5.10 Å². The predicted octanol–water partition coefficient (Wildman–Crippen LogP) is 6.23. The molecule has 0 saturated heterocycles. The number of hydrogen-bond acceptors (Lipinski definition) is 5. The number of methoxy groups -OCH3 is 1. The third-order valence-electron chi connectivity index (χ3n) is 4.63. The summed E-state index contributed by atoms with van der Waals surface area (Å²) >= 11 is 12.3. The van der Waals surface area contributed by atoms with Crippen LogP contribution in [0.1, 0.15) is 21.7 Å². The van der Waals surface area contributed by atoms with E-state index >= 15 is 0 Å². The first-order valence-corrected chi connectivity index (χ1v) is 10.5. The molecule has 0 aliphatic carbocycles. The van der Waals surface area contributed by atoms with Gasteiger partial charge in [0, 0.05) is 10.4 Å². The highest BCUT2D eigenvalue weighted by molar-refractivity contribution is 6.32. The lowest BCUT2D eigenvalue weighted by molar-refractivity contribution is 0.0929. The normalized spacial score (nSPS) is 11.2. The maximum atomic E-state index is 13.1. The van der Waals surface area contributed by atoms with E-state index in [2.05, 4.69) is 10.5 Å². The summed E-state index contributed by atoms with van der Waals surface area (Å²) in [6.07, 6.45) is 1.41. The van der Waals surface area contributed by atoms with Gasteiger partial charge in [-0.3, -0.25) is 4.79 Å². The third kappa shape index (κ3) is 5.45. The second kappa shape index (κ2) is 9.94. The number of carbonyl (C=O) groups is 1. The molecule has 0 radical (unpaired) electrons. The summed E-state index contributed by atoms with van der Waals surface area (Å²) in [5.41, 5.74) is 4.29. The van der Waals surface area contributed by atoms with Crippen molar-refractivity contribution < 1.29 is 23.1 Å². The van der Waals surface area contributed by atoms with Gasteiger partial charge in [-0.05, 0) is 59.7 Å². The number of furan rings is 1. The van der Waals surface area contributed by atoms with E-state index in [-0.39, 0.29) is 18.2 Å². The van der Waals surface area contributed by atoms with Gasteiger partial charge in [-0.25, -0.2) is 9.82 Å². The predicted molar refractivity (Wildman–Crippen MR) is 125 cm³/mol. The average molecular weight is 487 g/mol. The highest BCUT2D eigenvalue weighted by Gasteiger charge is 2.14. The largest absolute Gasteiger partial charge is 0.493 e. The minimum atomic E-state index is -0.518. The molecule has 1 heterocycles. The topological polar surface area (TPSA) is 73.1 Å². The summed E-state index contributed by atoms with van der Waals surface area (Å²) in [6, 6.07) is 15.9. The number of nitrogens with one attached hydrogen (secondary N) is 1. The van der Waals surface area contributed by atoms with Crippen LogP contribution in [0.2, 0.25) is 10.0 Å². The molecule has 1 aromatic heterocycles.